The van der Waals surface area contributed by atoms with Crippen LogP contribution in [0, 0.1) is 5.95 Å². The van der Waals surface area contributed by atoms with Crippen molar-refractivity contribution in [3.8, 4) is 0 Å². The molecule has 0 unspecified atom stereocenters. The predicted molar refractivity (Wildman–Crippen MR) is 69.5 cm³/mol. The molecule has 106 valence electrons. The summed E-state index contributed by atoms with van der Waals surface area (Å²) in [7, 11) is 0. The van der Waals surface area contributed by atoms with Gasteiger partial charge in [-0.05, 0) is 24.6 Å². The van der Waals surface area contributed by atoms with Crippen molar-refractivity contribution >= 4 is 5.91 Å². The van der Waals surface area contributed by atoms with E-state index in [0.29, 0.717) is 26.2 Å². The second kappa shape index (κ2) is 7.40. The summed E-state index contributed by atoms with van der Waals surface area (Å²) in [5, 5.41) is 2.68. The van der Waals surface area contributed by atoms with Crippen molar-refractivity contribution in [1.82, 2.24) is 10.3 Å². The molecule has 2 aromatic heterocycles. The van der Waals surface area contributed by atoms with E-state index in [-0.39, 0.29) is 11.5 Å². The van der Waals surface area contributed by atoms with E-state index in [2.05, 4.69) is 10.3 Å². The number of nitrogens with one attached hydrogen (secondary N) is 1. The van der Waals surface area contributed by atoms with Crippen LogP contribution >= 0.6 is 0 Å². The Balaban J connectivity index is 1.60. The van der Waals surface area contributed by atoms with Gasteiger partial charge < -0.3 is 14.5 Å². The lowest BCUT2D eigenvalue weighted by molar-refractivity contribution is 0.0916. The number of rotatable bonds is 7. The molecular weight excluding hydrogens is 263 g/mol. The quantitative estimate of drug-likeness (QED) is 0.622. The number of carbonyl (C=O) groups excluding carboxylic acids is 1. The maximum Gasteiger partial charge on any atom is 0.251 e. The van der Waals surface area contributed by atoms with Gasteiger partial charge in [0.2, 0.25) is 5.95 Å². The molecule has 2 rings (SSSR count). The summed E-state index contributed by atoms with van der Waals surface area (Å²) in [5.74, 6) is -0.224. The van der Waals surface area contributed by atoms with E-state index in [4.69, 9.17) is 9.15 Å². The fourth-order valence-corrected chi connectivity index (χ4v) is 1.59. The molecule has 20 heavy (non-hydrogen) atoms. The summed E-state index contributed by atoms with van der Waals surface area (Å²) >= 11 is 0. The van der Waals surface area contributed by atoms with Gasteiger partial charge >= 0.3 is 0 Å². The highest BCUT2D eigenvalue weighted by molar-refractivity contribution is 5.93. The van der Waals surface area contributed by atoms with Gasteiger partial charge in [-0.25, -0.2) is 4.98 Å². The molecule has 0 aliphatic rings. The Bertz CT molecular complexity index is 543. The van der Waals surface area contributed by atoms with Crippen LogP contribution in [0.4, 0.5) is 4.39 Å². The minimum Gasteiger partial charge on any atom is -0.467 e. The molecule has 0 aliphatic heterocycles. The number of halogens is 1. The van der Waals surface area contributed by atoms with Gasteiger partial charge in [0.15, 0.2) is 0 Å². The highest BCUT2D eigenvalue weighted by Gasteiger charge is 2.05. The number of hydrogen-bond acceptors (Lipinski definition) is 4. The Morgan fingerprint density at radius 1 is 1.45 bits per heavy atom. The average molecular weight is 278 g/mol. The van der Waals surface area contributed by atoms with E-state index >= 15 is 0 Å². The van der Waals surface area contributed by atoms with Crippen molar-refractivity contribution in [3.63, 3.8) is 0 Å². The van der Waals surface area contributed by atoms with Crippen LogP contribution in [0.1, 0.15) is 22.5 Å². The molecule has 0 bridgehead atoms. The fourth-order valence-electron chi connectivity index (χ4n) is 1.59. The maximum atomic E-state index is 12.8. The summed E-state index contributed by atoms with van der Waals surface area (Å²) in [5.41, 5.74) is 0.258. The lowest BCUT2D eigenvalue weighted by Gasteiger charge is -2.05. The Morgan fingerprint density at radius 2 is 2.35 bits per heavy atom. The highest BCUT2D eigenvalue weighted by atomic mass is 19.1. The van der Waals surface area contributed by atoms with Crippen LogP contribution in [-0.2, 0) is 11.3 Å². The number of carbonyl (C=O) groups is 1. The molecule has 0 spiro atoms. The van der Waals surface area contributed by atoms with E-state index in [1.807, 2.05) is 6.07 Å². The predicted octanol–water partition coefficient (Wildman–Crippen LogP) is 2.15. The van der Waals surface area contributed by atoms with E-state index in [0.717, 1.165) is 11.8 Å². The van der Waals surface area contributed by atoms with E-state index in [1.165, 1.54) is 12.3 Å². The monoisotopic (exact) mass is 278 g/mol. The minimum atomic E-state index is -0.667. The number of furan rings is 1. The van der Waals surface area contributed by atoms with Crippen LogP contribution in [0.25, 0.3) is 0 Å². The average Bonchev–Trinajstić information content (AvgIpc) is 2.95. The fraction of sp³-hybridized carbons (Fsp3) is 0.286. The van der Waals surface area contributed by atoms with Gasteiger partial charge in [0, 0.05) is 31.0 Å². The number of ether oxygens (including phenoxy) is 1. The number of aromatic nitrogens is 1. The van der Waals surface area contributed by atoms with Crippen molar-refractivity contribution in [2.24, 2.45) is 0 Å². The third-order valence-electron chi connectivity index (χ3n) is 2.56. The van der Waals surface area contributed by atoms with Crippen molar-refractivity contribution in [1.29, 1.82) is 0 Å². The van der Waals surface area contributed by atoms with Crippen LogP contribution in [0.15, 0.2) is 41.1 Å². The molecule has 2 aromatic rings. The molecule has 1 N–H and O–H groups in total. The van der Waals surface area contributed by atoms with E-state index in [9.17, 15) is 9.18 Å². The standard InChI is InChI=1S/C14H15FN2O3/c15-13-9-11(4-6-16-13)14(18)17-5-2-7-19-10-12-3-1-8-20-12/h1,3-4,6,8-9H,2,5,7,10H2,(H,17,18). The van der Waals surface area contributed by atoms with Crippen LogP contribution in [-0.4, -0.2) is 24.0 Å². The lowest BCUT2D eigenvalue weighted by Crippen LogP contribution is -2.25. The van der Waals surface area contributed by atoms with Crippen molar-refractivity contribution < 1.29 is 18.3 Å². The number of nitrogens with zero attached hydrogens (tertiary/aromatic N) is 1. The Hall–Kier alpha value is -2.21. The molecule has 0 aliphatic carbocycles. The molecule has 0 atom stereocenters. The zero-order valence-electron chi connectivity index (χ0n) is 10.8. The Kier molecular flexibility index (Phi) is 5.25. The van der Waals surface area contributed by atoms with Gasteiger partial charge in [0.05, 0.1) is 6.26 Å². The first-order valence-corrected chi connectivity index (χ1v) is 6.25. The number of pyridine rings is 1. The van der Waals surface area contributed by atoms with Gasteiger partial charge in [0.25, 0.3) is 5.91 Å². The molecule has 1 amide bonds. The van der Waals surface area contributed by atoms with Crippen LogP contribution in [0.2, 0.25) is 0 Å². The summed E-state index contributed by atoms with van der Waals surface area (Å²) in [6, 6.07) is 6.20. The summed E-state index contributed by atoms with van der Waals surface area (Å²) < 4.78 is 23.3. The SMILES string of the molecule is O=C(NCCCOCc1ccco1)c1ccnc(F)c1. The summed E-state index contributed by atoms with van der Waals surface area (Å²) in [6.07, 6.45) is 3.52. The van der Waals surface area contributed by atoms with Crippen molar-refractivity contribution in [2.45, 2.75) is 13.0 Å². The molecular formula is C14H15FN2O3. The second-order valence-corrected chi connectivity index (χ2v) is 4.11. The molecule has 0 radical (unpaired) electrons. The van der Waals surface area contributed by atoms with E-state index in [1.54, 1.807) is 12.3 Å². The topological polar surface area (TPSA) is 64.4 Å². The normalized spacial score (nSPS) is 10.4. The third kappa shape index (κ3) is 4.47. The van der Waals surface area contributed by atoms with E-state index < -0.39 is 5.95 Å². The maximum absolute atomic E-state index is 12.8. The smallest absolute Gasteiger partial charge is 0.251 e. The minimum absolute atomic E-state index is 0.258. The van der Waals surface area contributed by atoms with Gasteiger partial charge in [0.1, 0.15) is 12.4 Å². The molecule has 2 heterocycles. The summed E-state index contributed by atoms with van der Waals surface area (Å²) in [6.45, 7) is 1.38. The first-order valence-electron chi connectivity index (χ1n) is 6.25. The molecule has 0 aromatic carbocycles. The van der Waals surface area contributed by atoms with Gasteiger partial charge in [-0.3, -0.25) is 4.79 Å². The van der Waals surface area contributed by atoms with Gasteiger partial charge in [-0.2, -0.15) is 4.39 Å². The van der Waals surface area contributed by atoms with Gasteiger partial charge in [-0.1, -0.05) is 0 Å². The first-order chi connectivity index (χ1) is 9.75. The van der Waals surface area contributed by atoms with Crippen molar-refractivity contribution in [3.05, 3.63) is 54.0 Å². The molecule has 0 saturated carbocycles. The highest BCUT2D eigenvalue weighted by Crippen LogP contribution is 2.02. The zero-order chi connectivity index (χ0) is 14.2. The number of amides is 1. The largest absolute Gasteiger partial charge is 0.467 e. The Morgan fingerprint density at radius 3 is 3.10 bits per heavy atom. The van der Waals surface area contributed by atoms with Crippen LogP contribution in [0.5, 0.6) is 0 Å². The zero-order valence-corrected chi connectivity index (χ0v) is 10.8. The Labute approximate surface area is 115 Å². The number of hydrogen-bond donors (Lipinski definition) is 1. The van der Waals surface area contributed by atoms with Crippen LogP contribution in [0.3, 0.4) is 0 Å². The van der Waals surface area contributed by atoms with Crippen LogP contribution < -0.4 is 5.32 Å². The first kappa shape index (κ1) is 14.2. The second-order valence-electron chi connectivity index (χ2n) is 4.11. The molecule has 0 saturated heterocycles. The third-order valence-corrected chi connectivity index (χ3v) is 2.56. The molecule has 0 fully saturated rings. The summed E-state index contributed by atoms with van der Waals surface area (Å²) in [4.78, 5) is 15.0. The van der Waals surface area contributed by atoms with Crippen molar-refractivity contribution in [2.75, 3.05) is 13.2 Å². The lowest BCUT2D eigenvalue weighted by atomic mass is 10.2. The molecule has 5 nitrogen and oxygen atoms in total. The molecule has 6 heteroatoms. The van der Waals surface area contributed by atoms with Gasteiger partial charge in [-0.15, -0.1) is 0 Å².